The fraction of sp³-hybridized carbons (Fsp3) is 0.300. The standard InChI is InChI=1S/C10H13N/c1-11(2)9-8-10-6-4-3-5-7-10/h3-7H,9H2,1-2H3. The van der Waals surface area contributed by atoms with Crippen LogP contribution in [0.2, 0.25) is 0 Å². The van der Waals surface area contributed by atoms with Gasteiger partial charge in [0.15, 0.2) is 0 Å². The molecule has 1 nitrogen and oxygen atoms in total. The van der Waals surface area contributed by atoms with Crippen molar-refractivity contribution in [3.63, 3.8) is 0 Å². The summed E-state index contributed by atoms with van der Waals surface area (Å²) in [5, 5.41) is 0. The molecule has 2 radical (unpaired) electrons. The molecule has 0 heterocycles. The van der Waals surface area contributed by atoms with Gasteiger partial charge < -0.3 is 4.90 Å². The fourth-order valence-corrected chi connectivity index (χ4v) is 0.805. The first-order valence-corrected chi connectivity index (χ1v) is 3.72. The van der Waals surface area contributed by atoms with Crippen molar-refractivity contribution in [2.24, 2.45) is 0 Å². The number of hydrogen-bond donors (Lipinski definition) is 0. The second-order valence-electron chi connectivity index (χ2n) is 2.78. The van der Waals surface area contributed by atoms with Gasteiger partial charge in [-0.15, -0.1) is 0 Å². The SMILES string of the molecule is CN(C)C[C]c1ccccc1. The highest BCUT2D eigenvalue weighted by Crippen LogP contribution is 2.01. The van der Waals surface area contributed by atoms with Crippen molar-refractivity contribution in [1.29, 1.82) is 0 Å². The molecule has 0 spiro atoms. The van der Waals surface area contributed by atoms with Gasteiger partial charge in [0.2, 0.25) is 0 Å². The molecular weight excluding hydrogens is 134 g/mol. The van der Waals surface area contributed by atoms with Gasteiger partial charge in [0.25, 0.3) is 0 Å². The van der Waals surface area contributed by atoms with Crippen LogP contribution < -0.4 is 0 Å². The van der Waals surface area contributed by atoms with E-state index < -0.39 is 0 Å². The summed E-state index contributed by atoms with van der Waals surface area (Å²) >= 11 is 0. The van der Waals surface area contributed by atoms with E-state index in [0.717, 1.165) is 6.54 Å². The molecule has 1 rings (SSSR count). The van der Waals surface area contributed by atoms with Gasteiger partial charge >= 0.3 is 0 Å². The van der Waals surface area contributed by atoms with Crippen LogP contribution in [0.25, 0.3) is 0 Å². The van der Waals surface area contributed by atoms with Gasteiger partial charge in [0, 0.05) is 13.0 Å². The first-order valence-electron chi connectivity index (χ1n) is 3.72. The summed E-state index contributed by atoms with van der Waals surface area (Å²) in [5.74, 6) is 0. The van der Waals surface area contributed by atoms with E-state index in [-0.39, 0.29) is 0 Å². The predicted molar refractivity (Wildman–Crippen MR) is 47.3 cm³/mol. The van der Waals surface area contributed by atoms with Gasteiger partial charge in [-0.1, -0.05) is 30.3 Å². The van der Waals surface area contributed by atoms with Crippen LogP contribution in [0.15, 0.2) is 30.3 Å². The van der Waals surface area contributed by atoms with Gasteiger partial charge in [-0.05, 0) is 19.7 Å². The number of nitrogens with zero attached hydrogens (tertiary/aromatic N) is 1. The lowest BCUT2D eigenvalue weighted by Crippen LogP contribution is -2.13. The Morgan fingerprint density at radius 3 is 2.36 bits per heavy atom. The highest BCUT2D eigenvalue weighted by molar-refractivity contribution is 5.22. The van der Waals surface area contributed by atoms with E-state index in [1.54, 1.807) is 0 Å². The van der Waals surface area contributed by atoms with Gasteiger partial charge in [-0.2, -0.15) is 0 Å². The van der Waals surface area contributed by atoms with E-state index in [0.29, 0.717) is 0 Å². The minimum absolute atomic E-state index is 0.879. The third-order valence-electron chi connectivity index (χ3n) is 1.37. The summed E-state index contributed by atoms with van der Waals surface area (Å²) in [5.41, 5.74) is 1.17. The molecule has 0 saturated heterocycles. The Morgan fingerprint density at radius 1 is 1.18 bits per heavy atom. The third kappa shape index (κ3) is 3.19. The molecule has 0 aliphatic carbocycles. The molecule has 1 aromatic rings. The van der Waals surface area contributed by atoms with Crippen molar-refractivity contribution in [2.45, 2.75) is 0 Å². The van der Waals surface area contributed by atoms with Crippen LogP contribution in [0.3, 0.4) is 0 Å². The van der Waals surface area contributed by atoms with Gasteiger partial charge in [-0.3, -0.25) is 0 Å². The van der Waals surface area contributed by atoms with E-state index in [2.05, 4.69) is 23.5 Å². The molecule has 58 valence electrons. The number of benzene rings is 1. The van der Waals surface area contributed by atoms with Crippen molar-refractivity contribution >= 4 is 0 Å². The van der Waals surface area contributed by atoms with E-state index in [1.807, 2.05) is 32.3 Å². The molecule has 0 saturated carbocycles. The second kappa shape index (κ2) is 4.14. The fourth-order valence-electron chi connectivity index (χ4n) is 0.805. The maximum atomic E-state index is 3.27. The van der Waals surface area contributed by atoms with E-state index in [4.69, 9.17) is 0 Å². The zero-order chi connectivity index (χ0) is 8.10. The van der Waals surface area contributed by atoms with Crippen LogP contribution in [-0.2, 0) is 0 Å². The largest absolute Gasteiger partial charge is 0.308 e. The summed E-state index contributed by atoms with van der Waals surface area (Å²) in [6, 6.07) is 10.2. The Morgan fingerprint density at radius 2 is 1.82 bits per heavy atom. The summed E-state index contributed by atoms with van der Waals surface area (Å²) in [7, 11) is 4.08. The summed E-state index contributed by atoms with van der Waals surface area (Å²) < 4.78 is 0. The molecule has 0 fully saturated rings. The first kappa shape index (κ1) is 8.28. The highest BCUT2D eigenvalue weighted by atomic mass is 15.0. The molecule has 1 aromatic carbocycles. The normalized spacial score (nSPS) is 10.5. The van der Waals surface area contributed by atoms with Gasteiger partial charge in [-0.25, -0.2) is 0 Å². The molecular formula is C10H13N. The average Bonchev–Trinajstić information content (AvgIpc) is 2.03. The van der Waals surface area contributed by atoms with E-state index >= 15 is 0 Å². The highest BCUT2D eigenvalue weighted by Gasteiger charge is 1.92. The minimum Gasteiger partial charge on any atom is -0.308 e. The summed E-state index contributed by atoms with van der Waals surface area (Å²) in [6.45, 7) is 0.879. The topological polar surface area (TPSA) is 3.24 Å². The van der Waals surface area contributed by atoms with Crippen LogP contribution in [0.1, 0.15) is 5.56 Å². The molecule has 0 aromatic heterocycles. The van der Waals surface area contributed by atoms with E-state index in [1.165, 1.54) is 5.56 Å². The van der Waals surface area contributed by atoms with Crippen molar-refractivity contribution in [1.82, 2.24) is 4.90 Å². The Balaban J connectivity index is 2.39. The first-order chi connectivity index (χ1) is 5.29. The van der Waals surface area contributed by atoms with Crippen molar-refractivity contribution in [3.05, 3.63) is 42.3 Å². The average molecular weight is 147 g/mol. The lowest BCUT2D eigenvalue weighted by molar-refractivity contribution is 0.445. The van der Waals surface area contributed by atoms with Crippen LogP contribution in [0.5, 0.6) is 0 Å². The molecule has 0 aliphatic heterocycles. The summed E-state index contributed by atoms with van der Waals surface area (Å²) in [6.07, 6.45) is 3.27. The minimum atomic E-state index is 0.879. The summed E-state index contributed by atoms with van der Waals surface area (Å²) in [4.78, 5) is 2.09. The maximum absolute atomic E-state index is 3.27. The maximum Gasteiger partial charge on any atom is 0.0317 e. The van der Waals surface area contributed by atoms with Crippen molar-refractivity contribution in [2.75, 3.05) is 20.6 Å². The zero-order valence-electron chi connectivity index (χ0n) is 7.04. The molecule has 0 N–H and O–H groups in total. The lowest BCUT2D eigenvalue weighted by atomic mass is 10.1. The van der Waals surface area contributed by atoms with Crippen molar-refractivity contribution in [3.8, 4) is 0 Å². The molecule has 1 heteroatoms. The van der Waals surface area contributed by atoms with Crippen LogP contribution in [-0.4, -0.2) is 25.5 Å². The van der Waals surface area contributed by atoms with Crippen LogP contribution in [0.4, 0.5) is 0 Å². The van der Waals surface area contributed by atoms with Crippen LogP contribution in [0, 0.1) is 6.42 Å². The van der Waals surface area contributed by atoms with Gasteiger partial charge in [0.05, 0.1) is 0 Å². The molecule has 0 bridgehead atoms. The second-order valence-corrected chi connectivity index (χ2v) is 2.78. The quantitative estimate of drug-likeness (QED) is 0.628. The molecule has 11 heavy (non-hydrogen) atoms. The van der Waals surface area contributed by atoms with Crippen LogP contribution >= 0.6 is 0 Å². The molecule has 0 amide bonds. The number of likely N-dealkylation sites (N-methyl/N-ethyl adjacent to an activating group) is 1. The lowest BCUT2D eigenvalue weighted by Gasteiger charge is -2.07. The zero-order valence-corrected chi connectivity index (χ0v) is 7.04. The Labute approximate surface area is 68.7 Å². The Hall–Kier alpha value is -0.820. The number of rotatable bonds is 3. The predicted octanol–water partition coefficient (Wildman–Crippen LogP) is 1.68. The molecule has 0 aliphatic rings. The van der Waals surface area contributed by atoms with Crippen molar-refractivity contribution < 1.29 is 0 Å². The molecule has 0 unspecified atom stereocenters. The third-order valence-corrected chi connectivity index (χ3v) is 1.37. The van der Waals surface area contributed by atoms with E-state index in [9.17, 15) is 0 Å². The number of hydrogen-bond acceptors (Lipinski definition) is 1. The van der Waals surface area contributed by atoms with Gasteiger partial charge in [0.1, 0.15) is 0 Å². The smallest absolute Gasteiger partial charge is 0.0317 e. The Bertz CT molecular complexity index is 191. The monoisotopic (exact) mass is 147 g/mol. The Kier molecular flexibility index (Phi) is 3.12. The molecule has 0 atom stereocenters.